The summed E-state index contributed by atoms with van der Waals surface area (Å²) in [6, 6.07) is 9.49. The minimum Gasteiger partial charge on any atom is -0.343 e. The Kier molecular flexibility index (Phi) is 3.93. The fourth-order valence-corrected chi connectivity index (χ4v) is 4.67. The van der Waals surface area contributed by atoms with E-state index in [2.05, 4.69) is 0 Å². The maximum atomic E-state index is 12.8. The molecule has 112 valence electrons. The normalized spacial score (nSPS) is 20.8. The van der Waals surface area contributed by atoms with Crippen molar-refractivity contribution < 1.29 is 9.59 Å². The highest BCUT2D eigenvalue weighted by molar-refractivity contribution is 8.00. The first-order valence-electron chi connectivity index (χ1n) is 7.39. The number of carbonyl (C=O) groups excluding carboxylic acids is 2. The molecule has 2 fully saturated rings. The first kappa shape index (κ1) is 14.4. The van der Waals surface area contributed by atoms with Crippen LogP contribution in [0.5, 0.6) is 0 Å². The molecule has 2 saturated heterocycles. The van der Waals surface area contributed by atoms with E-state index in [1.807, 2.05) is 51.9 Å². The van der Waals surface area contributed by atoms with Gasteiger partial charge in [-0.3, -0.25) is 9.59 Å². The van der Waals surface area contributed by atoms with E-state index >= 15 is 0 Å². The van der Waals surface area contributed by atoms with Crippen molar-refractivity contribution in [1.82, 2.24) is 9.80 Å². The van der Waals surface area contributed by atoms with Gasteiger partial charge < -0.3 is 9.80 Å². The van der Waals surface area contributed by atoms with Crippen LogP contribution < -0.4 is 0 Å². The van der Waals surface area contributed by atoms with Gasteiger partial charge in [0.25, 0.3) is 5.91 Å². The minimum atomic E-state index is -0.112. The lowest BCUT2D eigenvalue weighted by atomic mass is 10.0. The summed E-state index contributed by atoms with van der Waals surface area (Å²) in [5, 5.41) is 0. The number of benzene rings is 1. The number of hydrogen-bond acceptors (Lipinski definition) is 3. The average molecular weight is 304 g/mol. The van der Waals surface area contributed by atoms with Gasteiger partial charge in [0, 0.05) is 37.9 Å². The molecule has 21 heavy (non-hydrogen) atoms. The number of piperidine rings is 1. The van der Waals surface area contributed by atoms with Gasteiger partial charge in [-0.25, -0.2) is 0 Å². The molecule has 2 aliphatic heterocycles. The lowest BCUT2D eigenvalue weighted by Gasteiger charge is -2.43. The molecule has 0 radical (unpaired) electrons. The van der Waals surface area contributed by atoms with Crippen molar-refractivity contribution >= 4 is 23.6 Å². The Balaban J connectivity index is 1.77. The molecule has 1 spiro atoms. The average Bonchev–Trinajstić information content (AvgIpc) is 2.91. The van der Waals surface area contributed by atoms with Crippen LogP contribution in [0.2, 0.25) is 0 Å². The second kappa shape index (κ2) is 5.72. The third kappa shape index (κ3) is 2.67. The van der Waals surface area contributed by atoms with Crippen molar-refractivity contribution in [2.75, 3.05) is 25.4 Å². The zero-order chi connectivity index (χ0) is 14.9. The van der Waals surface area contributed by atoms with Gasteiger partial charge in [0.05, 0.1) is 4.87 Å². The number of thioether (sulfide) groups is 1. The number of amides is 2. The maximum Gasteiger partial charge on any atom is 0.254 e. The third-order valence-corrected chi connectivity index (χ3v) is 5.99. The molecule has 2 amide bonds. The summed E-state index contributed by atoms with van der Waals surface area (Å²) in [5.41, 5.74) is 0.758. The molecule has 0 saturated carbocycles. The molecule has 0 unspecified atom stereocenters. The van der Waals surface area contributed by atoms with Gasteiger partial charge in [-0.15, -0.1) is 11.8 Å². The molecular weight excluding hydrogens is 284 g/mol. The van der Waals surface area contributed by atoms with Crippen LogP contribution in [0, 0.1) is 0 Å². The molecule has 5 heteroatoms. The van der Waals surface area contributed by atoms with Crippen LogP contribution in [0.4, 0.5) is 0 Å². The van der Waals surface area contributed by atoms with Gasteiger partial charge in [-0.2, -0.15) is 0 Å². The highest BCUT2D eigenvalue weighted by Crippen LogP contribution is 2.44. The Bertz CT molecular complexity index is 538. The Morgan fingerprint density at radius 3 is 2.38 bits per heavy atom. The summed E-state index contributed by atoms with van der Waals surface area (Å²) < 4.78 is 0. The fraction of sp³-hybridized carbons (Fsp3) is 0.500. The van der Waals surface area contributed by atoms with E-state index in [9.17, 15) is 9.59 Å². The molecule has 2 aliphatic rings. The van der Waals surface area contributed by atoms with Crippen LogP contribution in [0.15, 0.2) is 30.3 Å². The van der Waals surface area contributed by atoms with Crippen LogP contribution in [-0.4, -0.2) is 51.9 Å². The van der Waals surface area contributed by atoms with Crippen molar-refractivity contribution in [2.45, 2.75) is 24.6 Å². The van der Waals surface area contributed by atoms with E-state index in [1.54, 1.807) is 6.92 Å². The lowest BCUT2D eigenvalue weighted by molar-refractivity contribution is -0.130. The van der Waals surface area contributed by atoms with Crippen LogP contribution in [0.1, 0.15) is 30.1 Å². The fourth-order valence-electron chi connectivity index (χ4n) is 3.22. The zero-order valence-corrected chi connectivity index (χ0v) is 13.1. The van der Waals surface area contributed by atoms with E-state index in [0.29, 0.717) is 0 Å². The van der Waals surface area contributed by atoms with Crippen molar-refractivity contribution in [3.8, 4) is 0 Å². The highest BCUT2D eigenvalue weighted by atomic mass is 32.2. The molecule has 1 aromatic carbocycles. The molecule has 0 aromatic heterocycles. The molecule has 3 rings (SSSR count). The molecule has 0 aliphatic carbocycles. The monoisotopic (exact) mass is 304 g/mol. The number of hydrogen-bond donors (Lipinski definition) is 0. The third-order valence-electron chi connectivity index (χ3n) is 4.43. The predicted octanol–water partition coefficient (Wildman–Crippen LogP) is 2.21. The molecule has 2 heterocycles. The van der Waals surface area contributed by atoms with Crippen molar-refractivity contribution in [3.63, 3.8) is 0 Å². The quantitative estimate of drug-likeness (QED) is 0.799. The lowest BCUT2D eigenvalue weighted by Crippen LogP contribution is -2.53. The second-order valence-corrected chi connectivity index (χ2v) is 7.08. The standard InChI is InChI=1S/C16H20N2O2S/c1-13(19)17-9-7-16(8-10-17)18(11-12-21-16)15(20)14-5-3-2-4-6-14/h2-6H,7-12H2,1H3. The summed E-state index contributed by atoms with van der Waals surface area (Å²) >= 11 is 1.88. The molecule has 1 aromatic rings. The summed E-state index contributed by atoms with van der Waals surface area (Å²) in [7, 11) is 0. The van der Waals surface area contributed by atoms with Gasteiger partial charge in [0.2, 0.25) is 5.91 Å². The van der Waals surface area contributed by atoms with Crippen LogP contribution in [0.25, 0.3) is 0 Å². The summed E-state index contributed by atoms with van der Waals surface area (Å²) in [6.45, 7) is 3.92. The topological polar surface area (TPSA) is 40.6 Å². The van der Waals surface area contributed by atoms with E-state index in [4.69, 9.17) is 0 Å². The van der Waals surface area contributed by atoms with Gasteiger partial charge in [-0.1, -0.05) is 18.2 Å². The largest absolute Gasteiger partial charge is 0.343 e. The molecule has 0 N–H and O–H groups in total. The molecule has 0 atom stereocenters. The van der Waals surface area contributed by atoms with E-state index in [0.717, 1.165) is 43.8 Å². The first-order chi connectivity index (χ1) is 10.1. The van der Waals surface area contributed by atoms with E-state index < -0.39 is 0 Å². The highest BCUT2D eigenvalue weighted by Gasteiger charge is 2.46. The van der Waals surface area contributed by atoms with Gasteiger partial charge in [0.1, 0.15) is 0 Å². The molecular formula is C16H20N2O2S. The smallest absolute Gasteiger partial charge is 0.254 e. The number of likely N-dealkylation sites (tertiary alicyclic amines) is 1. The van der Waals surface area contributed by atoms with Crippen molar-refractivity contribution in [2.24, 2.45) is 0 Å². The van der Waals surface area contributed by atoms with Crippen LogP contribution >= 0.6 is 11.8 Å². The first-order valence-corrected chi connectivity index (χ1v) is 8.37. The summed E-state index contributed by atoms with van der Waals surface area (Å²) in [4.78, 5) is 28.0. The van der Waals surface area contributed by atoms with Gasteiger partial charge in [0.15, 0.2) is 0 Å². The molecule has 4 nitrogen and oxygen atoms in total. The Morgan fingerprint density at radius 2 is 1.76 bits per heavy atom. The van der Waals surface area contributed by atoms with Gasteiger partial charge >= 0.3 is 0 Å². The Morgan fingerprint density at radius 1 is 1.10 bits per heavy atom. The van der Waals surface area contributed by atoms with Crippen LogP contribution in [-0.2, 0) is 4.79 Å². The second-order valence-electron chi connectivity index (χ2n) is 5.62. The van der Waals surface area contributed by atoms with Crippen molar-refractivity contribution in [3.05, 3.63) is 35.9 Å². The zero-order valence-electron chi connectivity index (χ0n) is 12.2. The minimum absolute atomic E-state index is 0.112. The number of carbonyl (C=O) groups is 2. The maximum absolute atomic E-state index is 12.8. The number of nitrogens with zero attached hydrogens (tertiary/aromatic N) is 2. The summed E-state index contributed by atoms with van der Waals surface area (Å²) in [5.74, 6) is 1.24. The SMILES string of the molecule is CC(=O)N1CCC2(CC1)SCCN2C(=O)c1ccccc1. The van der Waals surface area contributed by atoms with E-state index in [-0.39, 0.29) is 16.7 Å². The van der Waals surface area contributed by atoms with Gasteiger partial charge in [-0.05, 0) is 25.0 Å². The van der Waals surface area contributed by atoms with E-state index in [1.165, 1.54) is 0 Å². The molecule has 0 bridgehead atoms. The Hall–Kier alpha value is -1.49. The summed E-state index contributed by atoms with van der Waals surface area (Å²) in [6.07, 6.45) is 1.74. The van der Waals surface area contributed by atoms with Crippen molar-refractivity contribution in [1.29, 1.82) is 0 Å². The number of rotatable bonds is 1. The Labute approximate surface area is 129 Å². The van der Waals surface area contributed by atoms with Crippen LogP contribution in [0.3, 0.4) is 0 Å². The predicted molar refractivity (Wildman–Crippen MR) is 84.2 cm³/mol.